The standard InChI is InChI=1S/C14H24N4O4S2/c1-3-21-11(19)6-7-15-13(23)17-8-5-9-18(17)14(24)16-10-12(20)22-4-2/h3-10H2,1-2H3,(H,15,23)(H,16,24). The Morgan fingerprint density at radius 2 is 1.50 bits per heavy atom. The molecular formula is C14H24N4O4S2. The molecule has 1 saturated heterocycles. The van der Waals surface area contributed by atoms with Crippen LogP contribution in [0.2, 0.25) is 0 Å². The number of thiocarbonyl (C=S) groups is 2. The third-order valence-corrected chi connectivity index (χ3v) is 3.81. The van der Waals surface area contributed by atoms with E-state index in [1.54, 1.807) is 18.9 Å². The van der Waals surface area contributed by atoms with Crippen LogP contribution in [0, 0.1) is 0 Å². The van der Waals surface area contributed by atoms with Crippen LogP contribution in [0.1, 0.15) is 26.7 Å². The Bertz CT molecular complexity index is 476. The smallest absolute Gasteiger partial charge is 0.325 e. The number of nitrogens with zero attached hydrogens (tertiary/aromatic N) is 2. The highest BCUT2D eigenvalue weighted by atomic mass is 32.1. The topological polar surface area (TPSA) is 83.1 Å². The zero-order valence-electron chi connectivity index (χ0n) is 14.0. The molecule has 24 heavy (non-hydrogen) atoms. The fraction of sp³-hybridized carbons (Fsp3) is 0.714. The highest BCUT2D eigenvalue weighted by Crippen LogP contribution is 2.11. The van der Waals surface area contributed by atoms with Crippen molar-refractivity contribution in [2.75, 3.05) is 39.4 Å². The molecule has 0 aromatic carbocycles. The van der Waals surface area contributed by atoms with Crippen molar-refractivity contribution >= 4 is 46.6 Å². The molecule has 0 saturated carbocycles. The van der Waals surface area contributed by atoms with Crippen molar-refractivity contribution in [1.82, 2.24) is 20.7 Å². The first-order chi connectivity index (χ1) is 11.5. The summed E-state index contributed by atoms with van der Waals surface area (Å²) < 4.78 is 9.71. The normalized spacial score (nSPS) is 13.4. The Morgan fingerprint density at radius 1 is 0.958 bits per heavy atom. The van der Waals surface area contributed by atoms with Crippen LogP contribution in [0.15, 0.2) is 0 Å². The minimum atomic E-state index is -0.360. The lowest BCUT2D eigenvalue weighted by atomic mass is 10.4. The van der Waals surface area contributed by atoms with Gasteiger partial charge in [-0.1, -0.05) is 0 Å². The van der Waals surface area contributed by atoms with E-state index in [1.807, 2.05) is 5.01 Å². The predicted octanol–water partition coefficient (Wildman–Crippen LogP) is 0.174. The van der Waals surface area contributed by atoms with Crippen LogP contribution in [0.5, 0.6) is 0 Å². The number of rotatable bonds is 7. The van der Waals surface area contributed by atoms with Gasteiger partial charge in [-0.05, 0) is 44.7 Å². The van der Waals surface area contributed by atoms with Gasteiger partial charge in [0, 0.05) is 19.6 Å². The molecule has 2 N–H and O–H groups in total. The number of hydrazine groups is 1. The van der Waals surface area contributed by atoms with Crippen LogP contribution in [-0.2, 0) is 19.1 Å². The predicted molar refractivity (Wildman–Crippen MR) is 97.1 cm³/mol. The molecule has 1 aliphatic heterocycles. The largest absolute Gasteiger partial charge is 0.466 e. The zero-order valence-corrected chi connectivity index (χ0v) is 15.6. The molecule has 10 heteroatoms. The average Bonchev–Trinajstić information content (AvgIpc) is 3.03. The zero-order chi connectivity index (χ0) is 17.9. The van der Waals surface area contributed by atoms with E-state index in [4.69, 9.17) is 33.9 Å². The summed E-state index contributed by atoms with van der Waals surface area (Å²) in [6.45, 7) is 6.04. The quantitative estimate of drug-likeness (QED) is 0.474. The lowest BCUT2D eigenvalue weighted by Gasteiger charge is -2.32. The minimum Gasteiger partial charge on any atom is -0.466 e. The number of hydrogen-bond acceptors (Lipinski definition) is 6. The van der Waals surface area contributed by atoms with Gasteiger partial charge in [0.1, 0.15) is 6.54 Å². The van der Waals surface area contributed by atoms with Gasteiger partial charge in [0.05, 0.1) is 19.6 Å². The van der Waals surface area contributed by atoms with E-state index in [1.165, 1.54) is 0 Å². The van der Waals surface area contributed by atoms with Crippen LogP contribution in [0.3, 0.4) is 0 Å². The van der Waals surface area contributed by atoms with Crippen molar-refractivity contribution in [3.05, 3.63) is 0 Å². The van der Waals surface area contributed by atoms with Crippen LogP contribution in [0.4, 0.5) is 0 Å². The Balaban J connectivity index is 2.40. The Hall–Kier alpha value is -1.68. The molecule has 0 unspecified atom stereocenters. The number of esters is 2. The highest BCUT2D eigenvalue weighted by molar-refractivity contribution is 7.80. The first-order valence-electron chi connectivity index (χ1n) is 7.91. The van der Waals surface area contributed by atoms with Gasteiger partial charge in [-0.3, -0.25) is 19.6 Å². The number of hydrogen-bond donors (Lipinski definition) is 2. The fourth-order valence-electron chi connectivity index (χ4n) is 2.08. The molecule has 0 aliphatic carbocycles. The van der Waals surface area contributed by atoms with Crippen LogP contribution in [0.25, 0.3) is 0 Å². The molecule has 0 amide bonds. The van der Waals surface area contributed by atoms with Crippen molar-refractivity contribution in [2.45, 2.75) is 26.7 Å². The summed E-state index contributed by atoms with van der Waals surface area (Å²) in [6, 6.07) is 0. The molecular weight excluding hydrogens is 352 g/mol. The highest BCUT2D eigenvalue weighted by Gasteiger charge is 2.26. The SMILES string of the molecule is CCOC(=O)CCNC(=S)N1CCCN1C(=S)NCC(=O)OCC. The molecule has 1 heterocycles. The number of carbonyl (C=O) groups excluding carboxylic acids is 2. The summed E-state index contributed by atoms with van der Waals surface area (Å²) in [6.07, 6.45) is 1.13. The van der Waals surface area contributed by atoms with Gasteiger partial charge in [0.25, 0.3) is 0 Å². The second-order valence-electron chi connectivity index (χ2n) is 4.85. The number of nitrogens with one attached hydrogen (secondary N) is 2. The third kappa shape index (κ3) is 6.83. The summed E-state index contributed by atoms with van der Waals surface area (Å²) in [4.78, 5) is 22.7. The van der Waals surface area contributed by atoms with E-state index >= 15 is 0 Å². The second-order valence-corrected chi connectivity index (χ2v) is 5.62. The van der Waals surface area contributed by atoms with Gasteiger partial charge >= 0.3 is 11.9 Å². The van der Waals surface area contributed by atoms with Gasteiger partial charge in [0.2, 0.25) is 0 Å². The molecule has 0 aromatic heterocycles. The van der Waals surface area contributed by atoms with Gasteiger partial charge in [-0.2, -0.15) is 0 Å². The fourth-order valence-corrected chi connectivity index (χ4v) is 2.63. The minimum absolute atomic E-state index is 0.0140. The molecule has 0 bridgehead atoms. The molecule has 1 fully saturated rings. The number of carbonyl (C=O) groups is 2. The Morgan fingerprint density at radius 3 is 2.08 bits per heavy atom. The summed E-state index contributed by atoms with van der Waals surface area (Å²) in [5, 5.41) is 10.4. The maximum absolute atomic E-state index is 11.4. The molecule has 0 aromatic rings. The maximum atomic E-state index is 11.4. The maximum Gasteiger partial charge on any atom is 0.325 e. The van der Waals surface area contributed by atoms with Gasteiger partial charge in [0.15, 0.2) is 10.2 Å². The average molecular weight is 377 g/mol. The van der Waals surface area contributed by atoms with Crippen molar-refractivity contribution in [2.24, 2.45) is 0 Å². The molecule has 0 radical (unpaired) electrons. The third-order valence-electron chi connectivity index (χ3n) is 3.10. The first-order valence-corrected chi connectivity index (χ1v) is 8.73. The Labute approximate surface area is 152 Å². The molecule has 0 atom stereocenters. The summed E-state index contributed by atoms with van der Waals surface area (Å²) in [5.74, 6) is -0.626. The van der Waals surface area contributed by atoms with Crippen LogP contribution < -0.4 is 10.6 Å². The summed E-state index contributed by atoms with van der Waals surface area (Å²) in [7, 11) is 0. The summed E-state index contributed by atoms with van der Waals surface area (Å²) in [5.41, 5.74) is 0. The monoisotopic (exact) mass is 376 g/mol. The van der Waals surface area contributed by atoms with Gasteiger partial charge in [-0.25, -0.2) is 0 Å². The molecule has 0 spiro atoms. The Kier molecular flexibility index (Phi) is 9.31. The summed E-state index contributed by atoms with van der Waals surface area (Å²) >= 11 is 10.7. The van der Waals surface area contributed by atoms with Crippen LogP contribution >= 0.6 is 24.4 Å². The molecule has 1 aliphatic rings. The van der Waals surface area contributed by atoms with Crippen molar-refractivity contribution in [1.29, 1.82) is 0 Å². The molecule has 1 rings (SSSR count). The molecule has 136 valence electrons. The van der Waals surface area contributed by atoms with E-state index in [-0.39, 0.29) is 24.9 Å². The molecule has 8 nitrogen and oxygen atoms in total. The number of ether oxygens (including phenoxy) is 2. The van der Waals surface area contributed by atoms with E-state index in [2.05, 4.69) is 10.6 Å². The lowest BCUT2D eigenvalue weighted by molar-refractivity contribution is -0.143. The van der Waals surface area contributed by atoms with Crippen molar-refractivity contribution < 1.29 is 19.1 Å². The van der Waals surface area contributed by atoms with Crippen molar-refractivity contribution in [3.63, 3.8) is 0 Å². The van der Waals surface area contributed by atoms with Crippen molar-refractivity contribution in [3.8, 4) is 0 Å². The van der Waals surface area contributed by atoms with E-state index in [0.29, 0.717) is 43.1 Å². The van der Waals surface area contributed by atoms with E-state index in [0.717, 1.165) is 6.42 Å². The first kappa shape index (κ1) is 20.4. The van der Waals surface area contributed by atoms with Gasteiger partial charge < -0.3 is 20.1 Å². The second kappa shape index (κ2) is 11.0. The van der Waals surface area contributed by atoms with E-state index < -0.39 is 0 Å². The van der Waals surface area contributed by atoms with Gasteiger partial charge in [-0.15, -0.1) is 0 Å². The van der Waals surface area contributed by atoms with Crippen LogP contribution in [-0.4, -0.2) is 71.6 Å². The van der Waals surface area contributed by atoms with E-state index in [9.17, 15) is 9.59 Å². The lowest BCUT2D eigenvalue weighted by Crippen LogP contribution is -2.53.